The lowest BCUT2D eigenvalue weighted by Gasteiger charge is -2.28. The molecule has 0 saturated carbocycles. The zero-order valence-corrected chi connectivity index (χ0v) is 16.8. The van der Waals surface area contributed by atoms with Gasteiger partial charge in [0.2, 0.25) is 15.9 Å². The third kappa shape index (κ3) is 4.80. The summed E-state index contributed by atoms with van der Waals surface area (Å²) in [6.07, 6.45) is 6.12. The molecule has 3 aromatic rings. The largest absolute Gasteiger partial charge is 0.350 e. The molecule has 1 heterocycles. The molecule has 0 aliphatic carbocycles. The van der Waals surface area contributed by atoms with Crippen LogP contribution in [0.1, 0.15) is 12.5 Å². The fourth-order valence-corrected chi connectivity index (χ4v) is 4.22. The van der Waals surface area contributed by atoms with Gasteiger partial charge >= 0.3 is 0 Å². The number of benzene rings is 2. The predicted molar refractivity (Wildman–Crippen MR) is 109 cm³/mol. The number of sulfonamides is 1. The molecule has 1 aromatic heterocycles. The molecule has 0 spiro atoms. The summed E-state index contributed by atoms with van der Waals surface area (Å²) in [5.74, 6) is -0.962. The van der Waals surface area contributed by atoms with Crippen molar-refractivity contribution in [3.63, 3.8) is 0 Å². The smallest absolute Gasteiger partial charge is 0.243 e. The molecule has 9 heteroatoms. The summed E-state index contributed by atoms with van der Waals surface area (Å²) >= 11 is 0. The van der Waals surface area contributed by atoms with Crippen LogP contribution in [0.2, 0.25) is 0 Å². The highest BCUT2D eigenvalue weighted by Gasteiger charge is 2.29. The zero-order chi connectivity index (χ0) is 21.0. The molecule has 0 fully saturated rings. The quantitative estimate of drug-likeness (QED) is 0.641. The number of hydrogen-bond donors (Lipinski definition) is 1. The van der Waals surface area contributed by atoms with Crippen molar-refractivity contribution in [2.24, 2.45) is 0 Å². The molecule has 1 atom stereocenters. The van der Waals surface area contributed by atoms with Crippen LogP contribution >= 0.6 is 0 Å². The minimum absolute atomic E-state index is 0.207. The number of carbonyl (C=O) groups excluding carboxylic acids is 1. The average molecular weight is 416 g/mol. The first-order valence-electron chi connectivity index (χ1n) is 8.86. The lowest BCUT2D eigenvalue weighted by Crippen LogP contribution is -2.47. The van der Waals surface area contributed by atoms with Crippen molar-refractivity contribution in [1.82, 2.24) is 14.9 Å². The third-order valence-corrected chi connectivity index (χ3v) is 5.64. The number of aromatic nitrogens is 2. The first kappa shape index (κ1) is 20.5. The van der Waals surface area contributed by atoms with Crippen LogP contribution in [-0.4, -0.2) is 36.2 Å². The second kappa shape index (κ2) is 8.44. The Morgan fingerprint density at radius 2 is 1.90 bits per heavy atom. The van der Waals surface area contributed by atoms with Crippen molar-refractivity contribution in [3.05, 3.63) is 78.6 Å². The Balaban J connectivity index is 1.79. The van der Waals surface area contributed by atoms with Crippen LogP contribution in [0, 0.1) is 5.82 Å². The highest BCUT2D eigenvalue weighted by atomic mass is 32.2. The Labute approximate surface area is 168 Å². The van der Waals surface area contributed by atoms with Crippen molar-refractivity contribution < 1.29 is 17.6 Å². The third-order valence-electron chi connectivity index (χ3n) is 4.40. The van der Waals surface area contributed by atoms with E-state index in [2.05, 4.69) is 10.3 Å². The molecular weight excluding hydrogens is 395 g/mol. The SMILES string of the molecule is C[C@@H](C(=O)NCc1ccccc1-n1ccnc1)N(c1ccc(F)cc1)S(C)(=O)=O. The molecule has 7 nitrogen and oxygen atoms in total. The van der Waals surface area contributed by atoms with E-state index in [1.54, 1.807) is 18.7 Å². The number of nitrogens with one attached hydrogen (secondary N) is 1. The molecule has 152 valence electrons. The molecule has 0 aliphatic rings. The van der Waals surface area contributed by atoms with Crippen molar-refractivity contribution in [1.29, 1.82) is 0 Å². The van der Waals surface area contributed by atoms with E-state index in [1.165, 1.54) is 19.1 Å². The van der Waals surface area contributed by atoms with Gasteiger partial charge in [0.25, 0.3) is 0 Å². The van der Waals surface area contributed by atoms with Gasteiger partial charge in [-0.1, -0.05) is 18.2 Å². The maximum atomic E-state index is 13.2. The molecule has 0 saturated heterocycles. The highest BCUT2D eigenvalue weighted by Crippen LogP contribution is 2.21. The Morgan fingerprint density at radius 1 is 1.21 bits per heavy atom. The Morgan fingerprint density at radius 3 is 2.52 bits per heavy atom. The number of hydrogen-bond acceptors (Lipinski definition) is 4. The van der Waals surface area contributed by atoms with Crippen LogP contribution in [0.3, 0.4) is 0 Å². The van der Waals surface area contributed by atoms with Crippen LogP contribution in [-0.2, 0) is 21.4 Å². The Hall–Kier alpha value is -3.20. The van der Waals surface area contributed by atoms with E-state index in [-0.39, 0.29) is 12.2 Å². The summed E-state index contributed by atoms with van der Waals surface area (Å²) < 4.78 is 40.6. The van der Waals surface area contributed by atoms with Crippen molar-refractivity contribution in [3.8, 4) is 5.69 Å². The van der Waals surface area contributed by atoms with E-state index < -0.39 is 27.8 Å². The number of carbonyl (C=O) groups is 1. The van der Waals surface area contributed by atoms with Crippen LogP contribution < -0.4 is 9.62 Å². The number of imidazole rings is 1. The summed E-state index contributed by atoms with van der Waals surface area (Å²) in [7, 11) is -3.76. The number of amides is 1. The summed E-state index contributed by atoms with van der Waals surface area (Å²) in [4.78, 5) is 16.8. The van der Waals surface area contributed by atoms with Gasteiger partial charge in [-0.15, -0.1) is 0 Å². The molecule has 1 amide bonds. The van der Waals surface area contributed by atoms with E-state index in [0.29, 0.717) is 0 Å². The summed E-state index contributed by atoms with van der Waals surface area (Å²) in [5, 5.41) is 2.78. The topological polar surface area (TPSA) is 84.3 Å². The van der Waals surface area contributed by atoms with Gasteiger partial charge in [0.05, 0.1) is 24.0 Å². The number of nitrogens with zero attached hydrogens (tertiary/aromatic N) is 3. The highest BCUT2D eigenvalue weighted by molar-refractivity contribution is 7.92. The monoisotopic (exact) mass is 416 g/mol. The van der Waals surface area contributed by atoms with Crippen molar-refractivity contribution in [2.75, 3.05) is 10.6 Å². The van der Waals surface area contributed by atoms with E-state index in [4.69, 9.17) is 0 Å². The lowest BCUT2D eigenvalue weighted by molar-refractivity contribution is -0.122. The minimum atomic E-state index is -3.76. The fourth-order valence-electron chi connectivity index (χ4n) is 3.04. The predicted octanol–water partition coefficient (Wildman–Crippen LogP) is 2.48. The lowest BCUT2D eigenvalue weighted by atomic mass is 10.1. The minimum Gasteiger partial charge on any atom is -0.350 e. The normalized spacial score (nSPS) is 12.4. The van der Waals surface area contributed by atoms with Gasteiger partial charge in [-0.2, -0.15) is 0 Å². The second-order valence-corrected chi connectivity index (χ2v) is 8.39. The molecule has 29 heavy (non-hydrogen) atoms. The Kier molecular flexibility index (Phi) is 5.97. The molecule has 0 aliphatic heterocycles. The van der Waals surface area contributed by atoms with Gasteiger partial charge in [0.1, 0.15) is 11.9 Å². The molecule has 0 bridgehead atoms. The number of rotatable bonds is 7. The van der Waals surface area contributed by atoms with E-state index in [0.717, 1.165) is 33.9 Å². The van der Waals surface area contributed by atoms with Gasteiger partial charge in [-0.25, -0.2) is 17.8 Å². The van der Waals surface area contributed by atoms with Crippen LogP contribution in [0.4, 0.5) is 10.1 Å². The van der Waals surface area contributed by atoms with Crippen LogP contribution in [0.5, 0.6) is 0 Å². The summed E-state index contributed by atoms with van der Waals surface area (Å²) in [5.41, 5.74) is 1.92. The second-order valence-electron chi connectivity index (χ2n) is 6.53. The van der Waals surface area contributed by atoms with Crippen LogP contribution in [0.25, 0.3) is 5.69 Å². The first-order chi connectivity index (χ1) is 13.8. The van der Waals surface area contributed by atoms with Gasteiger partial charge in [-0.3, -0.25) is 9.10 Å². The summed E-state index contributed by atoms with van der Waals surface area (Å²) in [6.45, 7) is 1.69. The van der Waals surface area contributed by atoms with E-state index >= 15 is 0 Å². The first-order valence-corrected chi connectivity index (χ1v) is 10.7. The molecule has 0 unspecified atom stereocenters. The maximum Gasteiger partial charge on any atom is 0.243 e. The summed E-state index contributed by atoms with van der Waals surface area (Å²) in [6, 6.07) is 11.4. The van der Waals surface area contributed by atoms with Crippen LogP contribution in [0.15, 0.2) is 67.3 Å². The van der Waals surface area contributed by atoms with Crippen molar-refractivity contribution in [2.45, 2.75) is 19.5 Å². The van der Waals surface area contributed by atoms with E-state index in [9.17, 15) is 17.6 Å². The van der Waals surface area contributed by atoms with E-state index in [1.807, 2.05) is 28.8 Å². The molecule has 1 N–H and O–H groups in total. The van der Waals surface area contributed by atoms with Gasteiger partial charge in [0.15, 0.2) is 0 Å². The number of anilines is 1. The fraction of sp³-hybridized carbons (Fsp3) is 0.200. The van der Waals surface area contributed by atoms with Gasteiger partial charge in [-0.05, 0) is 42.8 Å². The molecular formula is C20H21FN4O3S. The number of halogens is 1. The Bertz CT molecular complexity index is 1080. The standard InChI is InChI=1S/C20H21FN4O3S/c1-15(25(29(2,27)28)18-9-7-17(21)8-10-18)20(26)23-13-16-5-3-4-6-19(16)24-12-11-22-14-24/h3-12,14-15H,13H2,1-2H3,(H,23,26)/t15-/m0/s1. The number of para-hydroxylation sites is 1. The van der Waals surface area contributed by atoms with Gasteiger partial charge in [0, 0.05) is 18.9 Å². The molecule has 0 radical (unpaired) electrons. The maximum absolute atomic E-state index is 13.2. The average Bonchev–Trinajstić information content (AvgIpc) is 3.21. The molecule has 3 rings (SSSR count). The molecule has 2 aromatic carbocycles. The van der Waals surface area contributed by atoms with Gasteiger partial charge < -0.3 is 9.88 Å². The zero-order valence-electron chi connectivity index (χ0n) is 16.0. The van der Waals surface area contributed by atoms with Crippen molar-refractivity contribution >= 4 is 21.6 Å².